The molecule has 0 aliphatic heterocycles. The Bertz CT molecular complexity index is 394. The lowest BCUT2D eigenvalue weighted by Gasteiger charge is -2.18. The second-order valence-electron chi connectivity index (χ2n) is 4.89. The summed E-state index contributed by atoms with van der Waals surface area (Å²) in [5.41, 5.74) is 1.14. The lowest BCUT2D eigenvalue weighted by molar-refractivity contribution is 0.112. The molecule has 1 aromatic rings. The third kappa shape index (κ3) is 8.37. The lowest BCUT2D eigenvalue weighted by Crippen LogP contribution is -2.05. The summed E-state index contributed by atoms with van der Waals surface area (Å²) in [5, 5.41) is 0. The predicted octanol–water partition coefficient (Wildman–Crippen LogP) is 4.99. The highest BCUT2D eigenvalue weighted by atomic mass is 31.2. The maximum Gasteiger partial charge on any atom is 0.474 e. The molecule has 1 rings (SSSR count). The molecule has 0 aliphatic carbocycles. The average molecular weight is 314 g/mol. The molecule has 0 heterocycles. The van der Waals surface area contributed by atoms with E-state index >= 15 is 0 Å². The van der Waals surface area contributed by atoms with E-state index in [1.165, 1.54) is 0 Å². The van der Waals surface area contributed by atoms with Crippen LogP contribution in [0.1, 0.15) is 45.1 Å². The van der Waals surface area contributed by atoms with Gasteiger partial charge in [-0.3, -0.25) is 13.6 Å². The van der Waals surface area contributed by atoms with E-state index < -0.39 is 7.82 Å². The van der Waals surface area contributed by atoms with Gasteiger partial charge in [-0.15, -0.1) is 0 Å². The van der Waals surface area contributed by atoms with E-state index in [0.717, 1.165) is 31.2 Å². The van der Waals surface area contributed by atoms with Crippen LogP contribution in [0.5, 0.6) is 0 Å². The van der Waals surface area contributed by atoms with Crippen LogP contribution in [0.15, 0.2) is 30.3 Å². The Morgan fingerprint density at radius 3 is 1.90 bits per heavy atom. The minimum atomic E-state index is -3.42. The largest absolute Gasteiger partial charge is 0.474 e. The number of phosphoric acid groups is 1. The maximum atomic E-state index is 12.5. The fraction of sp³-hybridized carbons (Fsp3) is 0.625. The van der Waals surface area contributed by atoms with Crippen molar-refractivity contribution < 1.29 is 18.1 Å². The number of hydrogen-bond acceptors (Lipinski definition) is 4. The van der Waals surface area contributed by atoms with Crippen LogP contribution in [-0.4, -0.2) is 19.8 Å². The lowest BCUT2D eigenvalue weighted by atomic mass is 10.2. The fourth-order valence-electron chi connectivity index (χ4n) is 1.67. The summed E-state index contributed by atoms with van der Waals surface area (Å²) in [7, 11) is -3.42. The van der Waals surface area contributed by atoms with Crippen LogP contribution in [0.2, 0.25) is 0 Å². The highest BCUT2D eigenvalue weighted by Crippen LogP contribution is 2.49. The van der Waals surface area contributed by atoms with Gasteiger partial charge in [0.2, 0.25) is 0 Å². The maximum absolute atomic E-state index is 12.5. The molecule has 1 aromatic carbocycles. The first-order valence-electron chi connectivity index (χ1n) is 7.77. The Morgan fingerprint density at radius 1 is 0.857 bits per heavy atom. The van der Waals surface area contributed by atoms with Gasteiger partial charge in [0.1, 0.15) is 0 Å². The summed E-state index contributed by atoms with van der Waals surface area (Å²) in [6.07, 6.45) is 4.36. The first kappa shape index (κ1) is 18.4. The minimum Gasteiger partial charge on any atom is -0.287 e. The highest BCUT2D eigenvalue weighted by Gasteiger charge is 2.26. The second kappa shape index (κ2) is 11.0. The predicted molar refractivity (Wildman–Crippen MR) is 85.4 cm³/mol. The van der Waals surface area contributed by atoms with Gasteiger partial charge in [0.25, 0.3) is 0 Å². The molecule has 0 amide bonds. The summed E-state index contributed by atoms with van der Waals surface area (Å²) in [4.78, 5) is 0. The van der Waals surface area contributed by atoms with Crippen LogP contribution in [0.4, 0.5) is 0 Å². The number of hydrogen-bond donors (Lipinski definition) is 0. The molecule has 5 heteroatoms. The SMILES string of the molecule is CCCCOP(=O)(OCCCC)OCCc1ccccc1. The van der Waals surface area contributed by atoms with Crippen LogP contribution in [0, 0.1) is 0 Å². The molecule has 4 nitrogen and oxygen atoms in total. The normalized spacial score (nSPS) is 11.7. The minimum absolute atomic E-state index is 0.333. The summed E-state index contributed by atoms with van der Waals surface area (Å²) < 4.78 is 28.7. The van der Waals surface area contributed by atoms with Crippen molar-refractivity contribution in [3.05, 3.63) is 35.9 Å². The number of rotatable bonds is 12. The average Bonchev–Trinajstić information content (AvgIpc) is 2.49. The second-order valence-corrected chi connectivity index (χ2v) is 6.56. The molecule has 0 radical (unpaired) electrons. The van der Waals surface area contributed by atoms with Crippen LogP contribution in [0.25, 0.3) is 0 Å². The molecule has 0 fully saturated rings. The molecule has 0 aromatic heterocycles. The summed E-state index contributed by atoms with van der Waals surface area (Å²) in [6, 6.07) is 9.96. The van der Waals surface area contributed by atoms with Crippen molar-refractivity contribution in [1.29, 1.82) is 0 Å². The van der Waals surface area contributed by atoms with E-state index in [0.29, 0.717) is 26.2 Å². The van der Waals surface area contributed by atoms with Crippen molar-refractivity contribution in [2.75, 3.05) is 19.8 Å². The third-order valence-corrected chi connectivity index (χ3v) is 4.47. The van der Waals surface area contributed by atoms with Crippen molar-refractivity contribution in [2.24, 2.45) is 0 Å². The van der Waals surface area contributed by atoms with Gasteiger partial charge in [-0.1, -0.05) is 57.0 Å². The van der Waals surface area contributed by atoms with Gasteiger partial charge in [-0.25, -0.2) is 4.57 Å². The van der Waals surface area contributed by atoms with Gasteiger partial charge in [-0.05, 0) is 24.8 Å². The molecule has 21 heavy (non-hydrogen) atoms. The summed E-state index contributed by atoms with van der Waals surface area (Å²) in [6.45, 7) is 5.26. The Labute approximate surface area is 128 Å². The van der Waals surface area contributed by atoms with E-state index in [2.05, 4.69) is 13.8 Å². The zero-order valence-electron chi connectivity index (χ0n) is 13.1. The van der Waals surface area contributed by atoms with Gasteiger partial charge in [0.15, 0.2) is 0 Å². The van der Waals surface area contributed by atoms with Crippen molar-refractivity contribution in [3.63, 3.8) is 0 Å². The molecule has 0 bridgehead atoms. The standard InChI is InChI=1S/C16H27O4P/c1-3-5-13-18-21(17,19-14-6-4-2)20-15-12-16-10-8-7-9-11-16/h7-11H,3-6,12-15H2,1-2H3. The first-order valence-corrected chi connectivity index (χ1v) is 9.24. The van der Waals surface area contributed by atoms with Gasteiger partial charge in [0.05, 0.1) is 19.8 Å². The van der Waals surface area contributed by atoms with Crippen molar-refractivity contribution >= 4 is 7.82 Å². The smallest absolute Gasteiger partial charge is 0.287 e. The third-order valence-electron chi connectivity index (χ3n) is 2.98. The molecule has 0 saturated carbocycles. The van der Waals surface area contributed by atoms with Crippen molar-refractivity contribution in [1.82, 2.24) is 0 Å². The number of unbranched alkanes of at least 4 members (excludes halogenated alkanes) is 2. The summed E-state index contributed by atoms with van der Waals surface area (Å²) >= 11 is 0. The Hall–Kier alpha value is -0.670. The zero-order valence-corrected chi connectivity index (χ0v) is 14.0. The van der Waals surface area contributed by atoms with Crippen molar-refractivity contribution in [3.8, 4) is 0 Å². The molecule has 120 valence electrons. The van der Waals surface area contributed by atoms with Gasteiger partial charge in [-0.2, -0.15) is 0 Å². The van der Waals surface area contributed by atoms with Crippen LogP contribution in [-0.2, 0) is 24.6 Å². The Morgan fingerprint density at radius 2 is 1.38 bits per heavy atom. The van der Waals surface area contributed by atoms with Crippen LogP contribution in [0.3, 0.4) is 0 Å². The number of phosphoric ester groups is 1. The van der Waals surface area contributed by atoms with E-state index in [1.54, 1.807) is 0 Å². The molecule has 0 N–H and O–H groups in total. The van der Waals surface area contributed by atoms with E-state index in [4.69, 9.17) is 13.6 Å². The molecule has 0 unspecified atom stereocenters. The van der Waals surface area contributed by atoms with Gasteiger partial charge >= 0.3 is 7.82 Å². The van der Waals surface area contributed by atoms with Crippen LogP contribution < -0.4 is 0 Å². The van der Waals surface area contributed by atoms with E-state index in [1.807, 2.05) is 30.3 Å². The van der Waals surface area contributed by atoms with E-state index in [-0.39, 0.29) is 0 Å². The quantitative estimate of drug-likeness (QED) is 0.403. The highest BCUT2D eigenvalue weighted by molar-refractivity contribution is 7.48. The van der Waals surface area contributed by atoms with Gasteiger partial charge in [0, 0.05) is 0 Å². The molecular weight excluding hydrogens is 287 g/mol. The molecule has 0 aliphatic rings. The van der Waals surface area contributed by atoms with Crippen LogP contribution >= 0.6 is 7.82 Å². The zero-order chi connectivity index (χ0) is 15.4. The molecule has 0 atom stereocenters. The Balaban J connectivity index is 2.41. The monoisotopic (exact) mass is 314 g/mol. The molecule has 0 spiro atoms. The fourth-order valence-corrected chi connectivity index (χ4v) is 2.92. The number of benzene rings is 1. The van der Waals surface area contributed by atoms with E-state index in [9.17, 15) is 4.57 Å². The molecule has 0 saturated heterocycles. The summed E-state index contributed by atoms with van der Waals surface area (Å²) in [5.74, 6) is 0. The first-order chi connectivity index (χ1) is 10.2. The van der Waals surface area contributed by atoms with Gasteiger partial charge < -0.3 is 0 Å². The Kier molecular flexibility index (Phi) is 9.60. The molecular formula is C16H27O4P. The topological polar surface area (TPSA) is 44.8 Å². The van der Waals surface area contributed by atoms with Crippen molar-refractivity contribution in [2.45, 2.75) is 46.0 Å².